The Hall–Kier alpha value is -3.77. The highest BCUT2D eigenvalue weighted by Crippen LogP contribution is 2.40. The average molecular weight is 509 g/mol. The van der Waals surface area contributed by atoms with Gasteiger partial charge in [-0.15, -0.1) is 0 Å². The number of aliphatic hydroxyl groups excluding tert-OH is 1. The zero-order valence-corrected chi connectivity index (χ0v) is 22.1. The van der Waals surface area contributed by atoms with Crippen LogP contribution in [0.2, 0.25) is 0 Å². The number of aliphatic hydroxyl groups is 1. The van der Waals surface area contributed by atoms with E-state index >= 15 is 0 Å². The summed E-state index contributed by atoms with van der Waals surface area (Å²) in [6.45, 7) is 1.97. The zero-order valence-electron chi connectivity index (χ0n) is 22.1. The molecule has 2 aromatic heterocycles. The molecule has 196 valence electrons. The van der Waals surface area contributed by atoms with Crippen molar-refractivity contribution in [3.8, 4) is 0 Å². The second-order valence-corrected chi connectivity index (χ2v) is 10.7. The number of nitrogens with zero attached hydrogens (tertiary/aromatic N) is 3. The van der Waals surface area contributed by atoms with Gasteiger partial charge in [-0.1, -0.05) is 48.5 Å². The first-order valence-corrected chi connectivity index (χ1v) is 13.5. The summed E-state index contributed by atoms with van der Waals surface area (Å²) in [6, 6.07) is 23.9. The lowest BCUT2D eigenvalue weighted by atomic mass is 9.92. The van der Waals surface area contributed by atoms with Crippen molar-refractivity contribution in [1.82, 2.24) is 20.1 Å². The number of aromatic nitrogens is 3. The molecule has 0 radical (unpaired) electrons. The number of likely N-dealkylation sites (N-methyl/N-ethyl adjacent to an activating group) is 1. The Morgan fingerprint density at radius 3 is 2.53 bits per heavy atom. The monoisotopic (exact) mass is 508 g/mol. The van der Waals surface area contributed by atoms with E-state index in [4.69, 9.17) is 0 Å². The van der Waals surface area contributed by atoms with E-state index in [2.05, 4.69) is 39.4 Å². The number of amides is 1. The van der Waals surface area contributed by atoms with Gasteiger partial charge in [-0.3, -0.25) is 14.9 Å². The maximum atomic E-state index is 13.5. The average Bonchev–Trinajstić information content (AvgIpc) is 3.61. The lowest BCUT2D eigenvalue weighted by Gasteiger charge is -2.27. The third-order valence-corrected chi connectivity index (χ3v) is 7.91. The Kier molecular flexibility index (Phi) is 7.99. The second-order valence-electron chi connectivity index (χ2n) is 10.7. The summed E-state index contributed by atoms with van der Waals surface area (Å²) in [5.74, 6) is 0.790. The van der Waals surface area contributed by atoms with Gasteiger partial charge in [0.1, 0.15) is 0 Å². The van der Waals surface area contributed by atoms with Crippen LogP contribution in [0.4, 0.5) is 0 Å². The van der Waals surface area contributed by atoms with Crippen LogP contribution >= 0.6 is 0 Å². The van der Waals surface area contributed by atoms with Crippen LogP contribution in [0.15, 0.2) is 85.2 Å². The summed E-state index contributed by atoms with van der Waals surface area (Å²) in [5, 5.41) is 18.3. The van der Waals surface area contributed by atoms with Crippen LogP contribution in [0.25, 0.3) is 0 Å². The van der Waals surface area contributed by atoms with Crippen molar-refractivity contribution < 1.29 is 9.90 Å². The molecule has 6 nitrogen and oxygen atoms in total. The summed E-state index contributed by atoms with van der Waals surface area (Å²) in [6.07, 6.45) is 7.84. The molecule has 0 saturated heterocycles. The van der Waals surface area contributed by atoms with E-state index in [1.54, 1.807) is 17.3 Å². The molecular weight excluding hydrogens is 472 g/mol. The fourth-order valence-electron chi connectivity index (χ4n) is 5.76. The summed E-state index contributed by atoms with van der Waals surface area (Å²) in [4.78, 5) is 19.5. The molecule has 2 aromatic carbocycles. The van der Waals surface area contributed by atoms with Gasteiger partial charge in [0, 0.05) is 30.7 Å². The Morgan fingerprint density at radius 2 is 1.84 bits per heavy atom. The molecule has 1 unspecified atom stereocenters. The van der Waals surface area contributed by atoms with Crippen LogP contribution in [0.3, 0.4) is 0 Å². The molecule has 2 heterocycles. The van der Waals surface area contributed by atoms with E-state index in [0.29, 0.717) is 17.9 Å². The topological polar surface area (TPSA) is 82.1 Å². The Morgan fingerprint density at radius 1 is 1.05 bits per heavy atom. The highest BCUT2D eigenvalue weighted by atomic mass is 16.3. The number of hydrogen-bond acceptors (Lipinski definition) is 4. The predicted octanol–water partition coefficient (Wildman–Crippen LogP) is 5.86. The SMILES string of the molecule is Cc1cc(C(Cc2ccccc2)N(C)C(=O)c2ccc(C[C@@H]3CC[C@H]([C@H](O)c4cccnc4)C3)cc2)n[nH]1. The smallest absolute Gasteiger partial charge is 0.254 e. The van der Waals surface area contributed by atoms with Gasteiger partial charge in [0.2, 0.25) is 0 Å². The summed E-state index contributed by atoms with van der Waals surface area (Å²) in [7, 11) is 1.86. The Bertz CT molecular complexity index is 1320. The fraction of sp³-hybridized carbons (Fsp3) is 0.344. The number of aryl methyl sites for hydroxylation is 1. The van der Waals surface area contributed by atoms with Gasteiger partial charge in [-0.25, -0.2) is 0 Å². The molecule has 0 bridgehead atoms. The first-order chi connectivity index (χ1) is 18.5. The molecule has 6 heteroatoms. The summed E-state index contributed by atoms with van der Waals surface area (Å²) in [5.41, 5.74) is 5.82. The van der Waals surface area contributed by atoms with Crippen LogP contribution in [0.1, 0.15) is 69.8 Å². The normalized spacial score (nSPS) is 18.7. The molecule has 1 amide bonds. The number of H-pyrrole nitrogens is 1. The van der Waals surface area contributed by atoms with E-state index in [1.807, 2.05) is 62.5 Å². The van der Waals surface area contributed by atoms with E-state index in [0.717, 1.165) is 48.2 Å². The number of benzene rings is 2. The van der Waals surface area contributed by atoms with Crippen molar-refractivity contribution in [3.05, 3.63) is 119 Å². The number of hydrogen-bond donors (Lipinski definition) is 2. The van der Waals surface area contributed by atoms with Crippen LogP contribution in [0, 0.1) is 18.8 Å². The number of nitrogens with one attached hydrogen (secondary N) is 1. The highest BCUT2D eigenvalue weighted by Gasteiger charge is 2.31. The second kappa shape index (κ2) is 11.7. The molecule has 1 aliphatic rings. The molecular formula is C32H36N4O2. The van der Waals surface area contributed by atoms with Crippen LogP contribution in [0.5, 0.6) is 0 Å². The molecule has 4 atom stereocenters. The van der Waals surface area contributed by atoms with Gasteiger partial charge in [0.05, 0.1) is 17.8 Å². The van der Waals surface area contributed by atoms with Crippen molar-refractivity contribution in [3.63, 3.8) is 0 Å². The van der Waals surface area contributed by atoms with Crippen molar-refractivity contribution >= 4 is 5.91 Å². The van der Waals surface area contributed by atoms with Crippen molar-refractivity contribution in [2.75, 3.05) is 7.05 Å². The lowest BCUT2D eigenvalue weighted by molar-refractivity contribution is 0.0726. The quantitative estimate of drug-likeness (QED) is 0.297. The van der Waals surface area contributed by atoms with Gasteiger partial charge < -0.3 is 10.0 Å². The van der Waals surface area contributed by atoms with Crippen LogP contribution < -0.4 is 0 Å². The molecule has 1 saturated carbocycles. The predicted molar refractivity (Wildman–Crippen MR) is 148 cm³/mol. The minimum atomic E-state index is -0.452. The molecule has 0 aliphatic heterocycles. The summed E-state index contributed by atoms with van der Waals surface area (Å²) >= 11 is 0. The maximum absolute atomic E-state index is 13.5. The Balaban J connectivity index is 1.23. The molecule has 0 spiro atoms. The standard InChI is InChI=1S/C32H36N4O2/c1-22-17-29(35-34-22)30(20-23-7-4-3-5-8-23)36(2)32(38)26-13-10-24(11-14-26)18-25-12-15-27(19-25)31(37)28-9-6-16-33-21-28/h3-11,13-14,16-17,21,25,27,30-31,37H,12,15,18-20H2,1-2H3,(H,34,35)/t25-,27-,30?,31-/m0/s1. The number of carbonyl (C=O) groups excluding carboxylic acids is 1. The van der Waals surface area contributed by atoms with Gasteiger partial charge in [0.25, 0.3) is 5.91 Å². The molecule has 2 N–H and O–H groups in total. The third-order valence-electron chi connectivity index (χ3n) is 7.91. The van der Waals surface area contributed by atoms with Gasteiger partial charge in [-0.05, 0) is 91.8 Å². The highest BCUT2D eigenvalue weighted by molar-refractivity contribution is 5.94. The first-order valence-electron chi connectivity index (χ1n) is 13.5. The van der Waals surface area contributed by atoms with E-state index in [9.17, 15) is 9.90 Å². The van der Waals surface area contributed by atoms with Crippen molar-refractivity contribution in [1.29, 1.82) is 0 Å². The minimum Gasteiger partial charge on any atom is -0.388 e. The zero-order chi connectivity index (χ0) is 26.5. The van der Waals surface area contributed by atoms with Gasteiger partial charge >= 0.3 is 0 Å². The lowest BCUT2D eigenvalue weighted by Crippen LogP contribution is -2.32. The molecule has 1 fully saturated rings. The van der Waals surface area contributed by atoms with Gasteiger partial charge in [0.15, 0.2) is 0 Å². The molecule has 38 heavy (non-hydrogen) atoms. The number of rotatable bonds is 9. The first kappa shape index (κ1) is 25.9. The molecule has 1 aliphatic carbocycles. The third kappa shape index (κ3) is 6.03. The minimum absolute atomic E-state index is 0.0151. The maximum Gasteiger partial charge on any atom is 0.254 e. The number of pyridine rings is 1. The molecule has 5 rings (SSSR count). The summed E-state index contributed by atoms with van der Waals surface area (Å²) < 4.78 is 0. The Labute approximate surface area is 224 Å². The van der Waals surface area contributed by atoms with E-state index < -0.39 is 6.10 Å². The fourth-order valence-corrected chi connectivity index (χ4v) is 5.76. The van der Waals surface area contributed by atoms with Crippen LogP contribution in [-0.4, -0.2) is 38.1 Å². The number of aromatic amines is 1. The van der Waals surface area contributed by atoms with Gasteiger partial charge in [-0.2, -0.15) is 5.10 Å². The van der Waals surface area contributed by atoms with Crippen molar-refractivity contribution in [2.45, 2.75) is 51.2 Å². The largest absolute Gasteiger partial charge is 0.388 e. The van der Waals surface area contributed by atoms with Crippen molar-refractivity contribution in [2.24, 2.45) is 11.8 Å². The van der Waals surface area contributed by atoms with E-state index in [-0.39, 0.29) is 17.9 Å². The molecule has 4 aromatic rings. The van der Waals surface area contributed by atoms with Crippen LogP contribution in [-0.2, 0) is 12.8 Å². The number of carbonyl (C=O) groups is 1. The van der Waals surface area contributed by atoms with E-state index in [1.165, 1.54) is 5.56 Å².